The van der Waals surface area contributed by atoms with Crippen molar-refractivity contribution in [3.05, 3.63) is 0 Å². The smallest absolute Gasteiger partial charge is 0.317 e. The first-order valence-corrected chi connectivity index (χ1v) is 6.71. The van der Waals surface area contributed by atoms with Crippen molar-refractivity contribution >= 4 is 23.8 Å². The molecule has 7 heteroatoms. The van der Waals surface area contributed by atoms with Gasteiger partial charge in [-0.2, -0.15) is 11.8 Å². The molecule has 0 unspecified atom stereocenters. The van der Waals surface area contributed by atoms with Gasteiger partial charge in [0.1, 0.15) is 0 Å². The summed E-state index contributed by atoms with van der Waals surface area (Å²) in [6.07, 6.45) is 2.22. The van der Waals surface area contributed by atoms with Crippen molar-refractivity contribution in [3.63, 3.8) is 0 Å². The standard InChI is InChI=1S/C10H16N2O4S/c13-8(14)4-2-1-3-7-10(16)6(5-17-7)11-9(15)12-10/h6-7,16H,1-5H2,(H,13,14)(H2,11,12,15)/t6-,7+,10+/m0/s1. The predicted octanol–water partition coefficient (Wildman–Crippen LogP) is 0.117. The van der Waals surface area contributed by atoms with Crippen LogP contribution in [0.4, 0.5) is 4.79 Å². The number of carbonyl (C=O) groups excluding carboxylic acids is 1. The summed E-state index contributed by atoms with van der Waals surface area (Å²) in [4.78, 5) is 21.5. The first-order valence-electron chi connectivity index (χ1n) is 5.67. The normalized spacial score (nSPS) is 35.2. The van der Waals surface area contributed by atoms with Gasteiger partial charge in [-0.15, -0.1) is 0 Å². The van der Waals surface area contributed by atoms with Gasteiger partial charge in [0.2, 0.25) is 0 Å². The van der Waals surface area contributed by atoms with Gasteiger partial charge < -0.3 is 20.8 Å². The zero-order valence-corrected chi connectivity index (χ0v) is 10.1. The molecule has 96 valence electrons. The van der Waals surface area contributed by atoms with Crippen molar-refractivity contribution in [2.45, 2.75) is 42.7 Å². The number of nitrogens with one attached hydrogen (secondary N) is 2. The van der Waals surface area contributed by atoms with E-state index in [0.29, 0.717) is 18.6 Å². The van der Waals surface area contributed by atoms with E-state index in [0.717, 1.165) is 6.42 Å². The fourth-order valence-corrected chi connectivity index (χ4v) is 3.87. The summed E-state index contributed by atoms with van der Waals surface area (Å²) in [6.45, 7) is 0. The number of amides is 2. The minimum absolute atomic E-state index is 0.0553. The van der Waals surface area contributed by atoms with E-state index in [2.05, 4.69) is 10.6 Å². The number of carboxylic acid groups (broad SMARTS) is 1. The Hall–Kier alpha value is -0.950. The average molecular weight is 260 g/mol. The number of carboxylic acids is 1. The van der Waals surface area contributed by atoms with Crippen molar-refractivity contribution in [1.82, 2.24) is 10.6 Å². The minimum Gasteiger partial charge on any atom is -0.481 e. The first-order chi connectivity index (χ1) is 8.02. The number of hydrogen-bond acceptors (Lipinski definition) is 4. The van der Waals surface area contributed by atoms with Crippen molar-refractivity contribution < 1.29 is 19.8 Å². The van der Waals surface area contributed by atoms with E-state index in [1.54, 1.807) is 11.8 Å². The van der Waals surface area contributed by atoms with Gasteiger partial charge in [0.25, 0.3) is 0 Å². The Labute approximate surface area is 103 Å². The van der Waals surface area contributed by atoms with Crippen LogP contribution in [0.3, 0.4) is 0 Å². The topological polar surface area (TPSA) is 98.7 Å². The molecule has 2 aliphatic rings. The Morgan fingerprint density at radius 2 is 2.29 bits per heavy atom. The maximum Gasteiger partial charge on any atom is 0.317 e. The first kappa shape index (κ1) is 12.5. The molecule has 0 radical (unpaired) electrons. The van der Waals surface area contributed by atoms with Crippen LogP contribution < -0.4 is 10.6 Å². The highest BCUT2D eigenvalue weighted by Crippen LogP contribution is 2.39. The number of hydrogen-bond donors (Lipinski definition) is 4. The number of urea groups is 1. The number of thioether (sulfide) groups is 1. The Bertz CT molecular complexity index is 338. The molecule has 2 aliphatic heterocycles. The molecule has 6 nitrogen and oxygen atoms in total. The lowest BCUT2D eigenvalue weighted by molar-refractivity contribution is -0.137. The van der Waals surface area contributed by atoms with Gasteiger partial charge in [-0.25, -0.2) is 4.79 Å². The van der Waals surface area contributed by atoms with Crippen LogP contribution in [-0.4, -0.2) is 45.0 Å². The lowest BCUT2D eigenvalue weighted by Gasteiger charge is -2.27. The maximum atomic E-state index is 11.2. The van der Waals surface area contributed by atoms with E-state index in [4.69, 9.17) is 5.11 Å². The minimum atomic E-state index is -1.16. The molecule has 2 heterocycles. The number of fused-ring (bicyclic) bond motifs is 1. The van der Waals surface area contributed by atoms with Crippen LogP contribution in [0.25, 0.3) is 0 Å². The second-order valence-corrected chi connectivity index (χ2v) is 5.67. The highest BCUT2D eigenvalue weighted by atomic mass is 32.2. The highest BCUT2D eigenvalue weighted by Gasteiger charge is 2.55. The van der Waals surface area contributed by atoms with Crippen LogP contribution >= 0.6 is 11.8 Å². The van der Waals surface area contributed by atoms with E-state index < -0.39 is 11.7 Å². The number of unbranched alkanes of at least 4 members (excludes halogenated alkanes) is 1. The summed E-state index contributed by atoms with van der Waals surface area (Å²) in [6, 6.07) is -0.558. The molecule has 3 atom stereocenters. The van der Waals surface area contributed by atoms with Gasteiger partial charge in [0, 0.05) is 12.2 Å². The van der Waals surface area contributed by atoms with Crippen molar-refractivity contribution in [1.29, 1.82) is 0 Å². The monoisotopic (exact) mass is 260 g/mol. The van der Waals surface area contributed by atoms with E-state index in [-0.39, 0.29) is 23.7 Å². The van der Waals surface area contributed by atoms with Gasteiger partial charge in [-0.05, 0) is 12.8 Å². The Morgan fingerprint density at radius 1 is 1.53 bits per heavy atom. The van der Waals surface area contributed by atoms with Crippen LogP contribution in [0.5, 0.6) is 0 Å². The molecule has 17 heavy (non-hydrogen) atoms. The zero-order valence-electron chi connectivity index (χ0n) is 9.31. The number of aliphatic carboxylic acids is 1. The Morgan fingerprint density at radius 3 is 3.00 bits per heavy atom. The summed E-state index contributed by atoms with van der Waals surface area (Å²) < 4.78 is 0. The van der Waals surface area contributed by atoms with E-state index in [1.165, 1.54) is 0 Å². The van der Waals surface area contributed by atoms with Crippen LogP contribution in [0.1, 0.15) is 25.7 Å². The lowest BCUT2D eigenvalue weighted by atomic mass is 9.99. The fourth-order valence-electron chi connectivity index (χ4n) is 2.30. The summed E-state index contributed by atoms with van der Waals surface area (Å²) in [5.41, 5.74) is -1.16. The van der Waals surface area contributed by atoms with E-state index >= 15 is 0 Å². The second kappa shape index (κ2) is 4.73. The van der Waals surface area contributed by atoms with Crippen molar-refractivity contribution in [3.8, 4) is 0 Å². The molecule has 0 bridgehead atoms. The zero-order chi connectivity index (χ0) is 12.5. The molecule has 2 saturated heterocycles. The van der Waals surface area contributed by atoms with Gasteiger partial charge >= 0.3 is 12.0 Å². The lowest BCUT2D eigenvalue weighted by Crippen LogP contribution is -2.53. The van der Waals surface area contributed by atoms with E-state index in [9.17, 15) is 14.7 Å². The van der Waals surface area contributed by atoms with Gasteiger partial charge in [-0.1, -0.05) is 6.42 Å². The SMILES string of the molecule is O=C(O)CCCC[C@H]1SC[C@@H]2NC(=O)N[C@@]21O. The van der Waals surface area contributed by atoms with Gasteiger partial charge in [-0.3, -0.25) is 4.79 Å². The third kappa shape index (κ3) is 2.50. The third-order valence-corrected chi connectivity index (χ3v) is 4.74. The average Bonchev–Trinajstić information content (AvgIpc) is 2.66. The molecule has 2 fully saturated rings. The highest BCUT2D eigenvalue weighted by molar-refractivity contribution is 8.00. The van der Waals surface area contributed by atoms with Crippen LogP contribution in [0.2, 0.25) is 0 Å². The van der Waals surface area contributed by atoms with Crippen molar-refractivity contribution in [2.75, 3.05) is 5.75 Å². The Balaban J connectivity index is 1.82. The largest absolute Gasteiger partial charge is 0.481 e. The fraction of sp³-hybridized carbons (Fsp3) is 0.800. The van der Waals surface area contributed by atoms with Crippen molar-refractivity contribution in [2.24, 2.45) is 0 Å². The summed E-state index contributed by atoms with van der Waals surface area (Å²) in [5.74, 6) is -0.102. The molecule has 2 amide bonds. The number of rotatable bonds is 5. The third-order valence-electron chi connectivity index (χ3n) is 3.21. The molecule has 0 aromatic heterocycles. The molecule has 2 rings (SSSR count). The summed E-state index contributed by atoms with van der Waals surface area (Å²) in [7, 11) is 0. The molecule has 4 N–H and O–H groups in total. The van der Waals surface area contributed by atoms with Crippen LogP contribution in [-0.2, 0) is 4.79 Å². The van der Waals surface area contributed by atoms with Gasteiger partial charge in [0.15, 0.2) is 5.72 Å². The molecule has 0 aromatic carbocycles. The number of carbonyl (C=O) groups is 2. The quantitative estimate of drug-likeness (QED) is 0.415. The maximum absolute atomic E-state index is 11.2. The second-order valence-electron chi connectivity index (χ2n) is 4.44. The molecule has 0 spiro atoms. The van der Waals surface area contributed by atoms with Gasteiger partial charge in [0.05, 0.1) is 11.3 Å². The summed E-state index contributed by atoms with van der Waals surface area (Å²) in [5, 5.41) is 24.0. The molecule has 0 saturated carbocycles. The Kier molecular flexibility index (Phi) is 3.48. The molecule has 0 aliphatic carbocycles. The molecule has 0 aromatic rings. The number of aliphatic hydroxyl groups is 1. The van der Waals surface area contributed by atoms with E-state index in [1.807, 2.05) is 0 Å². The summed E-state index contributed by atoms with van der Waals surface area (Å²) >= 11 is 1.62. The molecular weight excluding hydrogens is 244 g/mol. The predicted molar refractivity (Wildman–Crippen MR) is 62.8 cm³/mol. The molecular formula is C10H16N2O4S. The van der Waals surface area contributed by atoms with Crippen LogP contribution in [0.15, 0.2) is 0 Å². The van der Waals surface area contributed by atoms with Crippen LogP contribution in [0, 0.1) is 0 Å².